The van der Waals surface area contributed by atoms with E-state index in [1.165, 1.54) is 31.4 Å². The number of nitrogens with zero attached hydrogens (tertiary/aromatic N) is 2. The molecular weight excluding hydrogens is 337 g/mol. The van der Waals surface area contributed by atoms with Gasteiger partial charge in [-0.05, 0) is 48.9 Å². The topological polar surface area (TPSA) is 37.8 Å². The summed E-state index contributed by atoms with van der Waals surface area (Å²) in [4.78, 5) is 9.42. The van der Waals surface area contributed by atoms with E-state index < -0.39 is 0 Å². The molecule has 27 heavy (non-hydrogen) atoms. The summed E-state index contributed by atoms with van der Waals surface area (Å²) in [5, 5.41) is 3.05. The van der Waals surface area contributed by atoms with Crippen LogP contribution in [-0.4, -0.2) is 17.0 Å². The Kier molecular flexibility index (Phi) is 7.96. The van der Waals surface area contributed by atoms with E-state index in [4.69, 9.17) is 9.97 Å². The summed E-state index contributed by atoms with van der Waals surface area (Å²) in [6.07, 6.45) is 9.24. The van der Waals surface area contributed by atoms with Gasteiger partial charge < -0.3 is 5.32 Å². The van der Waals surface area contributed by atoms with Crippen LogP contribution in [0.1, 0.15) is 70.6 Å². The molecule has 1 N–H and O–H groups in total. The molecule has 3 nitrogen and oxygen atoms in total. The summed E-state index contributed by atoms with van der Waals surface area (Å²) in [6.45, 7) is 8.74. The molecule has 0 spiro atoms. The highest BCUT2D eigenvalue weighted by Gasteiger charge is 2.17. The fourth-order valence-electron chi connectivity index (χ4n) is 3.17. The lowest BCUT2D eigenvalue weighted by atomic mass is 9.94. The number of aromatic nitrogens is 2. The van der Waals surface area contributed by atoms with Gasteiger partial charge in [-0.3, -0.25) is 0 Å². The van der Waals surface area contributed by atoms with Gasteiger partial charge in [-0.25, -0.2) is 14.4 Å². The first kappa shape index (κ1) is 21.1. The van der Waals surface area contributed by atoms with Crippen molar-refractivity contribution in [1.29, 1.82) is 0 Å². The first-order valence-corrected chi connectivity index (χ1v) is 10.0. The number of halogens is 1. The van der Waals surface area contributed by atoms with Crippen LogP contribution in [-0.2, 0) is 0 Å². The predicted molar refractivity (Wildman–Crippen MR) is 113 cm³/mol. The Labute approximate surface area is 163 Å². The number of allylic oxidation sites excluding steroid dienone is 1. The van der Waals surface area contributed by atoms with Gasteiger partial charge in [0.25, 0.3) is 0 Å². The number of nitrogens with one attached hydrogen (secondary N) is 1. The van der Waals surface area contributed by atoms with Crippen molar-refractivity contribution in [2.45, 2.75) is 59.3 Å². The molecule has 0 aliphatic carbocycles. The first-order valence-electron chi connectivity index (χ1n) is 10.0. The average molecular weight is 370 g/mol. The second-order valence-corrected chi connectivity index (χ2v) is 7.28. The molecule has 0 saturated heterocycles. The van der Waals surface area contributed by atoms with Crippen LogP contribution in [0.2, 0.25) is 0 Å². The van der Waals surface area contributed by atoms with Gasteiger partial charge >= 0.3 is 0 Å². The normalized spacial score (nSPS) is 12.7. The Hall–Kier alpha value is -2.23. The highest BCUT2D eigenvalue weighted by atomic mass is 19.1. The third-order valence-corrected chi connectivity index (χ3v) is 4.85. The number of rotatable bonds is 9. The maximum Gasteiger partial charge on any atom is 0.223 e. The number of benzene rings is 1. The highest BCUT2D eigenvalue weighted by Crippen LogP contribution is 2.31. The van der Waals surface area contributed by atoms with Crippen LogP contribution in [0.25, 0.3) is 17.3 Å². The van der Waals surface area contributed by atoms with E-state index in [0.29, 0.717) is 11.9 Å². The Morgan fingerprint density at radius 3 is 2.37 bits per heavy atom. The Morgan fingerprint density at radius 2 is 1.81 bits per heavy atom. The summed E-state index contributed by atoms with van der Waals surface area (Å²) in [6, 6.07) is 6.53. The van der Waals surface area contributed by atoms with Gasteiger partial charge in [-0.15, -0.1) is 0 Å². The minimum atomic E-state index is -0.242. The predicted octanol–water partition coefficient (Wildman–Crippen LogP) is 6.68. The van der Waals surface area contributed by atoms with Crippen molar-refractivity contribution < 1.29 is 4.39 Å². The molecule has 146 valence electrons. The van der Waals surface area contributed by atoms with Crippen molar-refractivity contribution in [2.75, 3.05) is 12.4 Å². The number of unbranched alkanes of at least 4 members (excludes halogenated alkanes) is 1. The lowest BCUT2D eigenvalue weighted by Crippen LogP contribution is -2.07. The van der Waals surface area contributed by atoms with Crippen LogP contribution >= 0.6 is 0 Å². The zero-order chi connectivity index (χ0) is 19.8. The van der Waals surface area contributed by atoms with Crippen molar-refractivity contribution in [3.05, 3.63) is 47.4 Å². The Morgan fingerprint density at radius 1 is 1.11 bits per heavy atom. The first-order chi connectivity index (χ1) is 13.0. The van der Waals surface area contributed by atoms with Gasteiger partial charge in [0, 0.05) is 18.2 Å². The minimum absolute atomic E-state index is 0.242. The second-order valence-electron chi connectivity index (χ2n) is 7.28. The van der Waals surface area contributed by atoms with Gasteiger partial charge in [0.05, 0.1) is 11.4 Å². The van der Waals surface area contributed by atoms with Gasteiger partial charge in [0.1, 0.15) is 5.82 Å². The van der Waals surface area contributed by atoms with E-state index in [2.05, 4.69) is 45.2 Å². The van der Waals surface area contributed by atoms with Crippen LogP contribution in [0.5, 0.6) is 0 Å². The number of anilines is 1. The fraction of sp³-hybridized carbons (Fsp3) is 0.478. The fourth-order valence-corrected chi connectivity index (χ4v) is 3.17. The van der Waals surface area contributed by atoms with E-state index in [1.54, 1.807) is 12.1 Å². The van der Waals surface area contributed by atoms with Crippen molar-refractivity contribution in [3.8, 4) is 11.3 Å². The lowest BCUT2D eigenvalue weighted by Gasteiger charge is -2.16. The van der Waals surface area contributed by atoms with Gasteiger partial charge in [-0.2, -0.15) is 0 Å². The molecule has 0 aliphatic rings. The molecule has 0 radical (unpaired) electrons. The quantitative estimate of drug-likeness (QED) is 0.536. The van der Waals surface area contributed by atoms with E-state index in [1.807, 2.05) is 7.05 Å². The van der Waals surface area contributed by atoms with Crippen molar-refractivity contribution >= 4 is 12.0 Å². The SMILES string of the molecule is CCCCC(/C=C/c1c(-c2ccc(F)cc2)nc(NC)nc1C(C)C)CC. The standard InChI is InChI=1S/C23H32FN3/c1-6-8-9-17(7-2)10-15-20-21(16(3)4)26-23(25-5)27-22(20)18-11-13-19(24)14-12-18/h10-17H,6-9H2,1-5H3,(H,25,26,27)/b15-10+. The van der Waals surface area contributed by atoms with Crippen LogP contribution < -0.4 is 5.32 Å². The summed E-state index contributed by atoms with van der Waals surface area (Å²) in [5.74, 6) is 1.16. The smallest absolute Gasteiger partial charge is 0.223 e. The van der Waals surface area contributed by atoms with Crippen molar-refractivity contribution in [2.24, 2.45) is 5.92 Å². The molecule has 0 aliphatic heterocycles. The maximum absolute atomic E-state index is 13.4. The van der Waals surface area contributed by atoms with E-state index in [9.17, 15) is 4.39 Å². The molecule has 4 heteroatoms. The lowest BCUT2D eigenvalue weighted by molar-refractivity contribution is 0.542. The monoisotopic (exact) mass is 369 g/mol. The molecule has 2 rings (SSSR count). The van der Waals surface area contributed by atoms with Gasteiger partial charge in [0.2, 0.25) is 5.95 Å². The highest BCUT2D eigenvalue weighted by molar-refractivity contribution is 5.74. The van der Waals surface area contributed by atoms with E-state index in [-0.39, 0.29) is 11.7 Å². The van der Waals surface area contributed by atoms with Crippen molar-refractivity contribution in [1.82, 2.24) is 9.97 Å². The third-order valence-electron chi connectivity index (χ3n) is 4.85. The molecule has 1 heterocycles. The molecule has 1 aromatic carbocycles. The molecule has 0 amide bonds. The molecule has 2 aromatic rings. The summed E-state index contributed by atoms with van der Waals surface area (Å²) in [5.41, 5.74) is 3.79. The molecule has 1 atom stereocenters. The third kappa shape index (κ3) is 5.62. The van der Waals surface area contributed by atoms with Crippen LogP contribution in [0.15, 0.2) is 30.3 Å². The zero-order valence-electron chi connectivity index (χ0n) is 17.2. The molecule has 1 unspecified atom stereocenters. The minimum Gasteiger partial charge on any atom is -0.357 e. The zero-order valence-corrected chi connectivity index (χ0v) is 17.2. The van der Waals surface area contributed by atoms with Crippen LogP contribution in [0.4, 0.5) is 10.3 Å². The number of hydrogen-bond donors (Lipinski definition) is 1. The molecular formula is C23H32FN3. The van der Waals surface area contributed by atoms with E-state index in [0.717, 1.165) is 28.9 Å². The summed E-state index contributed by atoms with van der Waals surface area (Å²) >= 11 is 0. The Balaban J connectivity index is 2.56. The molecule has 0 fully saturated rings. The van der Waals surface area contributed by atoms with Crippen LogP contribution in [0.3, 0.4) is 0 Å². The second kappa shape index (κ2) is 10.2. The number of hydrogen-bond acceptors (Lipinski definition) is 3. The molecule has 0 bridgehead atoms. The summed E-state index contributed by atoms with van der Waals surface area (Å²) < 4.78 is 13.4. The molecule has 0 saturated carbocycles. The maximum atomic E-state index is 13.4. The average Bonchev–Trinajstić information content (AvgIpc) is 2.68. The summed E-state index contributed by atoms with van der Waals surface area (Å²) in [7, 11) is 1.82. The largest absolute Gasteiger partial charge is 0.357 e. The van der Waals surface area contributed by atoms with Crippen molar-refractivity contribution in [3.63, 3.8) is 0 Å². The van der Waals surface area contributed by atoms with Gasteiger partial charge in [0.15, 0.2) is 0 Å². The van der Waals surface area contributed by atoms with Gasteiger partial charge in [-0.1, -0.05) is 52.7 Å². The van der Waals surface area contributed by atoms with Crippen LogP contribution in [0, 0.1) is 11.7 Å². The van der Waals surface area contributed by atoms with E-state index >= 15 is 0 Å². The molecule has 1 aromatic heterocycles. The Bertz CT molecular complexity index is 751.